The second kappa shape index (κ2) is 10.6. The largest absolute Gasteiger partial charge is 0.394 e. The van der Waals surface area contributed by atoms with Gasteiger partial charge in [0.25, 0.3) is 0 Å². The molecular formula is C34H47N3O5. The number of ether oxygens (including phenoxy) is 1. The topological polar surface area (TPSA) is 90.4 Å². The van der Waals surface area contributed by atoms with Gasteiger partial charge in [0.2, 0.25) is 17.7 Å². The minimum absolute atomic E-state index is 0.0355. The van der Waals surface area contributed by atoms with Gasteiger partial charge in [-0.3, -0.25) is 14.4 Å². The monoisotopic (exact) mass is 577 g/mol. The van der Waals surface area contributed by atoms with Crippen molar-refractivity contribution in [1.82, 2.24) is 14.7 Å². The molecule has 3 amide bonds. The van der Waals surface area contributed by atoms with Crippen LogP contribution in [0.15, 0.2) is 54.6 Å². The Morgan fingerprint density at radius 1 is 0.952 bits per heavy atom. The number of carbonyl (C=O) groups is 3. The summed E-state index contributed by atoms with van der Waals surface area (Å²) in [6, 6.07) is 8.25. The smallest absolute Gasteiger partial charge is 0.249 e. The van der Waals surface area contributed by atoms with Crippen LogP contribution in [0.1, 0.15) is 66.9 Å². The molecule has 1 spiro atoms. The summed E-state index contributed by atoms with van der Waals surface area (Å²) >= 11 is 0. The van der Waals surface area contributed by atoms with Gasteiger partial charge in [-0.2, -0.15) is 0 Å². The highest BCUT2D eigenvalue weighted by molar-refractivity contribution is 6.00. The van der Waals surface area contributed by atoms with Crippen molar-refractivity contribution >= 4 is 17.7 Å². The van der Waals surface area contributed by atoms with Gasteiger partial charge >= 0.3 is 0 Å². The third-order valence-electron chi connectivity index (χ3n) is 9.56. The number of carbonyl (C=O) groups excluding carboxylic acids is 3. The highest BCUT2D eigenvalue weighted by atomic mass is 16.5. The third kappa shape index (κ3) is 4.90. The minimum atomic E-state index is -1.33. The summed E-state index contributed by atoms with van der Waals surface area (Å²) < 4.78 is 6.96. The van der Waals surface area contributed by atoms with Gasteiger partial charge in [-0.25, -0.2) is 0 Å². The molecule has 0 aliphatic carbocycles. The molecule has 0 saturated carbocycles. The first-order valence-electron chi connectivity index (χ1n) is 15.3. The highest BCUT2D eigenvalue weighted by Gasteiger charge is 2.75. The maximum atomic E-state index is 14.8. The molecular weight excluding hydrogens is 530 g/mol. The molecule has 0 aromatic heterocycles. The number of amides is 3. The van der Waals surface area contributed by atoms with E-state index in [1.807, 2.05) is 73.4 Å². The maximum Gasteiger partial charge on any atom is 0.249 e. The lowest BCUT2D eigenvalue weighted by molar-refractivity contribution is -0.159. The van der Waals surface area contributed by atoms with E-state index in [-0.39, 0.29) is 29.7 Å². The quantitative estimate of drug-likeness (QED) is 0.496. The van der Waals surface area contributed by atoms with E-state index in [0.717, 1.165) is 12.0 Å². The van der Waals surface area contributed by atoms with E-state index in [9.17, 15) is 19.5 Å². The minimum Gasteiger partial charge on any atom is -0.394 e. The van der Waals surface area contributed by atoms with Gasteiger partial charge < -0.3 is 24.5 Å². The molecule has 6 atom stereocenters. The van der Waals surface area contributed by atoms with Crippen LogP contribution in [-0.4, -0.2) is 86.0 Å². The van der Waals surface area contributed by atoms with Gasteiger partial charge in [0.1, 0.15) is 11.6 Å². The van der Waals surface area contributed by atoms with Gasteiger partial charge in [0.15, 0.2) is 0 Å². The fourth-order valence-electron chi connectivity index (χ4n) is 8.20. The normalized spacial score (nSPS) is 32.0. The van der Waals surface area contributed by atoms with E-state index in [1.165, 1.54) is 0 Å². The predicted octanol–water partition coefficient (Wildman–Crippen LogP) is 3.94. The average Bonchev–Trinajstić information content (AvgIpc) is 3.17. The van der Waals surface area contributed by atoms with Crippen LogP contribution in [0.25, 0.3) is 0 Å². The molecule has 1 aromatic carbocycles. The third-order valence-corrected chi connectivity index (χ3v) is 9.56. The Bertz CT molecular complexity index is 1280. The Hall–Kier alpha value is -2.97. The zero-order chi connectivity index (χ0) is 30.7. The Balaban J connectivity index is 1.61. The summed E-state index contributed by atoms with van der Waals surface area (Å²) in [6.45, 7) is 15.3. The molecule has 4 heterocycles. The summed E-state index contributed by atoms with van der Waals surface area (Å²) in [5.41, 5.74) is -1.95. The predicted molar refractivity (Wildman–Crippen MR) is 161 cm³/mol. The van der Waals surface area contributed by atoms with Crippen LogP contribution < -0.4 is 0 Å². The summed E-state index contributed by atoms with van der Waals surface area (Å²) in [5, 5.41) is 10.4. The molecule has 1 N–H and O–H groups in total. The van der Waals surface area contributed by atoms with Crippen LogP contribution in [0.3, 0.4) is 0 Å². The lowest BCUT2D eigenvalue weighted by atomic mass is 9.74. The van der Waals surface area contributed by atoms with Gasteiger partial charge in [-0.1, -0.05) is 82.3 Å². The van der Waals surface area contributed by atoms with Crippen LogP contribution in [0.5, 0.6) is 0 Å². The average molecular weight is 578 g/mol. The van der Waals surface area contributed by atoms with E-state index in [2.05, 4.69) is 34.6 Å². The van der Waals surface area contributed by atoms with E-state index >= 15 is 0 Å². The molecule has 8 heteroatoms. The number of hydrogen-bond acceptors (Lipinski definition) is 5. The van der Waals surface area contributed by atoms with Crippen molar-refractivity contribution in [3.63, 3.8) is 0 Å². The number of hydrogen-bond donors (Lipinski definition) is 1. The SMILES string of the molecule is CC[C@@H](CO)N1C(=O)[C@@H]2[C@H]3C(=O)N(Cc4ccccc4)CC=C[C@@]3(C)O[C@@]23C=CCN(C(C)(C)CC(C)(C)C)C(=O)C13. The Labute approximate surface area is 250 Å². The molecule has 228 valence electrons. The summed E-state index contributed by atoms with van der Waals surface area (Å²) in [4.78, 5) is 49.0. The molecule has 42 heavy (non-hydrogen) atoms. The molecule has 8 nitrogen and oxygen atoms in total. The number of nitrogens with zero attached hydrogens (tertiary/aromatic N) is 3. The van der Waals surface area contributed by atoms with Gasteiger partial charge in [0.05, 0.1) is 30.1 Å². The Morgan fingerprint density at radius 3 is 2.24 bits per heavy atom. The first-order chi connectivity index (χ1) is 19.7. The van der Waals surface area contributed by atoms with Crippen LogP contribution >= 0.6 is 0 Å². The zero-order valence-electron chi connectivity index (χ0n) is 26.2. The lowest BCUT2D eigenvalue weighted by Crippen LogP contribution is -2.62. The van der Waals surface area contributed by atoms with Crippen molar-refractivity contribution in [2.75, 3.05) is 19.7 Å². The molecule has 5 rings (SSSR count). The van der Waals surface area contributed by atoms with Crippen molar-refractivity contribution < 1.29 is 24.2 Å². The molecule has 0 bridgehead atoms. The first kappa shape index (κ1) is 30.5. The molecule has 2 saturated heterocycles. The number of fused-ring (bicyclic) bond motifs is 2. The summed E-state index contributed by atoms with van der Waals surface area (Å²) in [6.07, 6.45) is 8.91. The van der Waals surface area contributed by atoms with Gasteiger partial charge in [0, 0.05) is 25.2 Å². The summed E-state index contributed by atoms with van der Waals surface area (Å²) in [5.74, 6) is -2.37. The van der Waals surface area contributed by atoms with Crippen LogP contribution in [0.4, 0.5) is 0 Å². The first-order valence-corrected chi connectivity index (χ1v) is 15.3. The number of aliphatic hydroxyl groups excluding tert-OH is 1. The number of aliphatic hydroxyl groups is 1. The number of rotatable bonds is 7. The van der Waals surface area contributed by atoms with E-state index in [0.29, 0.717) is 26.1 Å². The molecule has 1 unspecified atom stereocenters. The summed E-state index contributed by atoms with van der Waals surface area (Å²) in [7, 11) is 0. The Morgan fingerprint density at radius 2 is 1.62 bits per heavy atom. The van der Waals surface area contributed by atoms with Crippen LogP contribution in [-0.2, 0) is 25.7 Å². The molecule has 0 radical (unpaired) electrons. The molecule has 2 fully saturated rings. The van der Waals surface area contributed by atoms with E-state index < -0.39 is 40.7 Å². The number of likely N-dealkylation sites (tertiary alicyclic amines) is 1. The highest BCUT2D eigenvalue weighted by Crippen LogP contribution is 2.58. The maximum absolute atomic E-state index is 14.8. The standard InChI is InChI=1S/C34H47N3O5/c1-8-24(21-38)37-27-30(41)36(32(5,6)22-31(2,3)4)19-13-17-34(27)26(29(37)40)25-28(39)35(18-12-16-33(25,7)42-34)20-23-14-10-9-11-15-23/h9-17,24-27,38H,8,18-22H2,1-7H3/t24-,25-,26-,27?,33+,34-/m0/s1. The fourth-order valence-corrected chi connectivity index (χ4v) is 8.20. The second-order valence-electron chi connectivity index (χ2n) is 14.5. The fraction of sp³-hybridized carbons (Fsp3) is 0.618. The van der Waals surface area contributed by atoms with Gasteiger partial charge in [-0.15, -0.1) is 0 Å². The number of benzene rings is 1. The van der Waals surface area contributed by atoms with Crippen molar-refractivity contribution in [2.45, 2.75) is 96.7 Å². The van der Waals surface area contributed by atoms with Crippen molar-refractivity contribution in [3.05, 3.63) is 60.2 Å². The molecule has 4 aliphatic rings. The lowest BCUT2D eigenvalue weighted by Gasteiger charge is -2.45. The van der Waals surface area contributed by atoms with E-state index in [4.69, 9.17) is 4.74 Å². The van der Waals surface area contributed by atoms with Crippen molar-refractivity contribution in [1.29, 1.82) is 0 Å². The molecule has 4 aliphatic heterocycles. The second-order valence-corrected chi connectivity index (χ2v) is 14.5. The van der Waals surface area contributed by atoms with Crippen molar-refractivity contribution in [2.24, 2.45) is 17.3 Å². The van der Waals surface area contributed by atoms with Crippen LogP contribution in [0.2, 0.25) is 0 Å². The van der Waals surface area contributed by atoms with E-state index in [1.54, 1.807) is 9.80 Å². The zero-order valence-corrected chi connectivity index (χ0v) is 26.2. The molecule has 1 aromatic rings. The van der Waals surface area contributed by atoms with Gasteiger partial charge in [-0.05, 0) is 44.6 Å². The Kier molecular flexibility index (Phi) is 7.72. The van der Waals surface area contributed by atoms with Crippen molar-refractivity contribution in [3.8, 4) is 0 Å². The van der Waals surface area contributed by atoms with Crippen LogP contribution in [0, 0.1) is 17.3 Å².